The van der Waals surface area contributed by atoms with E-state index in [9.17, 15) is 0 Å². The molecule has 0 aromatic carbocycles. The molecule has 0 atom stereocenters. The molecule has 1 aromatic rings. The van der Waals surface area contributed by atoms with Gasteiger partial charge in [0.2, 0.25) is 0 Å². The number of aromatic nitrogens is 2. The SMILES string of the molecule is CCOCCNc1cnn(CCOCCO)c1. The van der Waals surface area contributed by atoms with E-state index in [1.165, 1.54) is 0 Å². The fourth-order valence-corrected chi connectivity index (χ4v) is 1.31. The summed E-state index contributed by atoms with van der Waals surface area (Å²) in [4.78, 5) is 0. The first-order chi connectivity index (χ1) is 8.36. The first-order valence-corrected chi connectivity index (χ1v) is 5.89. The van der Waals surface area contributed by atoms with Gasteiger partial charge in [0, 0.05) is 19.3 Å². The number of nitrogens with zero attached hydrogens (tertiary/aromatic N) is 2. The highest BCUT2D eigenvalue weighted by Crippen LogP contribution is 2.03. The maximum atomic E-state index is 8.54. The molecule has 0 saturated heterocycles. The van der Waals surface area contributed by atoms with Gasteiger partial charge in [-0.1, -0.05) is 0 Å². The lowest BCUT2D eigenvalue weighted by atomic mass is 10.5. The van der Waals surface area contributed by atoms with E-state index in [1.54, 1.807) is 10.9 Å². The molecule has 0 aliphatic rings. The van der Waals surface area contributed by atoms with Crippen LogP contribution in [0.3, 0.4) is 0 Å². The van der Waals surface area contributed by atoms with Crippen LogP contribution in [0.15, 0.2) is 12.4 Å². The molecular formula is C11H21N3O3. The normalized spacial score (nSPS) is 10.7. The molecule has 17 heavy (non-hydrogen) atoms. The first-order valence-electron chi connectivity index (χ1n) is 5.89. The molecule has 0 saturated carbocycles. The van der Waals surface area contributed by atoms with Crippen LogP contribution in [0.4, 0.5) is 5.69 Å². The Balaban J connectivity index is 2.14. The van der Waals surface area contributed by atoms with E-state index in [0.717, 1.165) is 18.8 Å². The lowest BCUT2D eigenvalue weighted by Crippen LogP contribution is -2.09. The van der Waals surface area contributed by atoms with Gasteiger partial charge in [-0.05, 0) is 6.92 Å². The Bertz CT molecular complexity index is 265. The first kappa shape index (κ1) is 14.0. The van der Waals surface area contributed by atoms with E-state index >= 15 is 0 Å². The fraction of sp³-hybridized carbons (Fsp3) is 0.727. The van der Waals surface area contributed by atoms with E-state index in [1.807, 2.05) is 13.1 Å². The Morgan fingerprint density at radius 3 is 3.00 bits per heavy atom. The molecule has 6 nitrogen and oxygen atoms in total. The second kappa shape index (κ2) is 8.98. The number of ether oxygens (including phenoxy) is 2. The van der Waals surface area contributed by atoms with Crippen LogP contribution < -0.4 is 5.32 Å². The minimum absolute atomic E-state index is 0.0589. The number of anilines is 1. The zero-order chi connectivity index (χ0) is 12.3. The highest BCUT2D eigenvalue weighted by Gasteiger charge is 1.97. The van der Waals surface area contributed by atoms with Crippen LogP contribution in [-0.4, -0.2) is 54.5 Å². The van der Waals surface area contributed by atoms with Crippen LogP contribution in [0.2, 0.25) is 0 Å². The van der Waals surface area contributed by atoms with Crippen molar-refractivity contribution in [3.05, 3.63) is 12.4 Å². The largest absolute Gasteiger partial charge is 0.394 e. The van der Waals surface area contributed by atoms with Crippen LogP contribution in [0, 0.1) is 0 Å². The van der Waals surface area contributed by atoms with Crippen molar-refractivity contribution in [3.63, 3.8) is 0 Å². The molecule has 0 radical (unpaired) electrons. The van der Waals surface area contributed by atoms with Gasteiger partial charge in [-0.2, -0.15) is 5.10 Å². The van der Waals surface area contributed by atoms with Crippen molar-refractivity contribution >= 4 is 5.69 Å². The van der Waals surface area contributed by atoms with Gasteiger partial charge in [0.25, 0.3) is 0 Å². The summed E-state index contributed by atoms with van der Waals surface area (Å²) in [5.41, 5.74) is 0.979. The van der Waals surface area contributed by atoms with Gasteiger partial charge in [0.15, 0.2) is 0 Å². The molecule has 0 aliphatic heterocycles. The minimum atomic E-state index is 0.0589. The summed E-state index contributed by atoms with van der Waals surface area (Å²) in [6.07, 6.45) is 3.70. The van der Waals surface area contributed by atoms with E-state index in [4.69, 9.17) is 14.6 Å². The number of hydrogen-bond acceptors (Lipinski definition) is 5. The molecule has 2 N–H and O–H groups in total. The van der Waals surface area contributed by atoms with Crippen molar-refractivity contribution in [1.82, 2.24) is 9.78 Å². The van der Waals surface area contributed by atoms with Crippen molar-refractivity contribution in [1.29, 1.82) is 0 Å². The molecule has 98 valence electrons. The Labute approximate surface area is 102 Å². The van der Waals surface area contributed by atoms with Crippen molar-refractivity contribution in [2.45, 2.75) is 13.5 Å². The molecule has 0 fully saturated rings. The molecule has 0 unspecified atom stereocenters. The van der Waals surface area contributed by atoms with Gasteiger partial charge in [0.1, 0.15) is 0 Å². The summed E-state index contributed by atoms with van der Waals surface area (Å²) in [6.45, 7) is 5.87. The van der Waals surface area contributed by atoms with Crippen LogP contribution in [0.1, 0.15) is 6.92 Å². The number of hydrogen-bond donors (Lipinski definition) is 2. The number of aliphatic hydroxyl groups is 1. The zero-order valence-corrected chi connectivity index (χ0v) is 10.3. The second-order valence-electron chi connectivity index (χ2n) is 3.45. The van der Waals surface area contributed by atoms with Crippen molar-refractivity contribution in [3.8, 4) is 0 Å². The number of aliphatic hydroxyl groups excluding tert-OH is 1. The molecule has 6 heteroatoms. The maximum Gasteiger partial charge on any atom is 0.0727 e. The molecule has 0 spiro atoms. The summed E-state index contributed by atoms with van der Waals surface area (Å²) in [5, 5.41) is 15.9. The van der Waals surface area contributed by atoms with E-state index < -0.39 is 0 Å². The smallest absolute Gasteiger partial charge is 0.0727 e. The summed E-state index contributed by atoms with van der Waals surface area (Å²) in [6, 6.07) is 0. The van der Waals surface area contributed by atoms with Crippen LogP contribution >= 0.6 is 0 Å². The Hall–Kier alpha value is -1.11. The van der Waals surface area contributed by atoms with Crippen LogP contribution in [0.25, 0.3) is 0 Å². The van der Waals surface area contributed by atoms with Gasteiger partial charge in [-0.25, -0.2) is 0 Å². The van der Waals surface area contributed by atoms with Gasteiger partial charge in [-0.3, -0.25) is 4.68 Å². The zero-order valence-electron chi connectivity index (χ0n) is 10.3. The predicted octanol–water partition coefficient (Wildman–Crippen LogP) is 0.340. The monoisotopic (exact) mass is 243 g/mol. The quantitative estimate of drug-likeness (QED) is 0.580. The van der Waals surface area contributed by atoms with Crippen molar-refractivity contribution in [2.24, 2.45) is 0 Å². The molecule has 1 heterocycles. The second-order valence-corrected chi connectivity index (χ2v) is 3.45. The standard InChI is InChI=1S/C11H21N3O3/c1-2-16-6-3-12-11-9-13-14(10-11)4-7-17-8-5-15/h9-10,12,15H,2-8H2,1H3. The van der Waals surface area contributed by atoms with Gasteiger partial charge >= 0.3 is 0 Å². The van der Waals surface area contributed by atoms with Crippen LogP contribution in [0.5, 0.6) is 0 Å². The molecule has 0 aliphatic carbocycles. The highest BCUT2D eigenvalue weighted by atomic mass is 16.5. The van der Waals surface area contributed by atoms with Gasteiger partial charge < -0.3 is 19.9 Å². The number of nitrogens with one attached hydrogen (secondary N) is 1. The maximum absolute atomic E-state index is 8.54. The van der Waals surface area contributed by atoms with Crippen molar-refractivity contribution in [2.75, 3.05) is 44.9 Å². The van der Waals surface area contributed by atoms with E-state index in [0.29, 0.717) is 26.4 Å². The summed E-state index contributed by atoms with van der Waals surface area (Å²) in [5.74, 6) is 0. The van der Waals surface area contributed by atoms with Gasteiger partial charge in [-0.15, -0.1) is 0 Å². The summed E-state index contributed by atoms with van der Waals surface area (Å²) < 4.78 is 12.2. The molecule has 0 bridgehead atoms. The lowest BCUT2D eigenvalue weighted by molar-refractivity contribution is 0.0854. The third-order valence-electron chi connectivity index (χ3n) is 2.11. The predicted molar refractivity (Wildman–Crippen MR) is 65.1 cm³/mol. The third-order valence-corrected chi connectivity index (χ3v) is 2.11. The molecular weight excluding hydrogens is 222 g/mol. The summed E-state index contributed by atoms with van der Waals surface area (Å²) in [7, 11) is 0. The summed E-state index contributed by atoms with van der Waals surface area (Å²) >= 11 is 0. The van der Waals surface area contributed by atoms with Crippen molar-refractivity contribution < 1.29 is 14.6 Å². The molecule has 0 amide bonds. The Morgan fingerprint density at radius 2 is 2.24 bits per heavy atom. The van der Waals surface area contributed by atoms with Crippen LogP contribution in [-0.2, 0) is 16.0 Å². The van der Waals surface area contributed by atoms with Gasteiger partial charge in [0.05, 0.1) is 44.9 Å². The molecule has 1 aromatic heterocycles. The van der Waals surface area contributed by atoms with E-state index in [2.05, 4.69) is 10.4 Å². The number of rotatable bonds is 10. The molecule has 1 rings (SSSR count). The topological polar surface area (TPSA) is 68.5 Å². The third kappa shape index (κ3) is 6.25. The van der Waals surface area contributed by atoms with E-state index in [-0.39, 0.29) is 6.61 Å². The minimum Gasteiger partial charge on any atom is -0.394 e. The Morgan fingerprint density at radius 1 is 1.35 bits per heavy atom. The highest BCUT2D eigenvalue weighted by molar-refractivity contribution is 5.37. The fourth-order valence-electron chi connectivity index (χ4n) is 1.31. The average Bonchev–Trinajstić information content (AvgIpc) is 2.78. The average molecular weight is 243 g/mol. The Kier molecular flexibility index (Phi) is 7.37. The lowest BCUT2D eigenvalue weighted by Gasteiger charge is -2.03.